The summed E-state index contributed by atoms with van der Waals surface area (Å²) in [6.07, 6.45) is 61.7. The van der Waals surface area contributed by atoms with Crippen LogP contribution in [0.25, 0.3) is 0 Å². The van der Waals surface area contributed by atoms with Gasteiger partial charge in [0.05, 0.1) is 19.8 Å². The zero-order chi connectivity index (χ0) is 54.1. The third-order valence-electron chi connectivity index (χ3n) is 12.9. The van der Waals surface area contributed by atoms with Gasteiger partial charge in [-0.05, 0) is 103 Å². The third-order valence-corrected chi connectivity index (χ3v) is 13.8. The molecule has 0 aliphatic carbocycles. The molecule has 0 bridgehead atoms. The molecule has 0 saturated carbocycles. The minimum Gasteiger partial charge on any atom is -0.462 e. The maximum atomic E-state index is 12.9. The molecule has 0 aliphatic rings. The number of ether oxygens (including phenoxy) is 3. The van der Waals surface area contributed by atoms with Gasteiger partial charge in [0.15, 0.2) is 6.10 Å². The fourth-order valence-corrected chi connectivity index (χ4v) is 9.01. The van der Waals surface area contributed by atoms with Crippen LogP contribution in [0.5, 0.6) is 0 Å². The lowest BCUT2D eigenvalue weighted by Crippen LogP contribution is -2.30. The van der Waals surface area contributed by atoms with Gasteiger partial charge in [0.25, 0.3) is 0 Å². The normalized spacial score (nSPS) is 13.7. The fraction of sp³-hybridized carbons (Fsp3) is 0.790. The van der Waals surface area contributed by atoms with Crippen molar-refractivity contribution in [3.05, 3.63) is 60.8 Å². The zero-order valence-corrected chi connectivity index (χ0v) is 48.5. The number of rotatable bonds is 56. The van der Waals surface area contributed by atoms with E-state index in [9.17, 15) is 28.9 Å². The van der Waals surface area contributed by atoms with Crippen LogP contribution in [0.1, 0.15) is 278 Å². The Morgan fingerprint density at radius 3 is 1.05 bits per heavy atom. The van der Waals surface area contributed by atoms with E-state index in [2.05, 4.69) is 81.5 Å². The average Bonchev–Trinajstić information content (AvgIpc) is 3.39. The fourth-order valence-electron chi connectivity index (χ4n) is 8.22. The van der Waals surface area contributed by atoms with E-state index in [4.69, 9.17) is 23.3 Å². The Labute approximate surface area is 453 Å². The van der Waals surface area contributed by atoms with Gasteiger partial charge in [0.1, 0.15) is 12.7 Å². The summed E-state index contributed by atoms with van der Waals surface area (Å²) in [7, 11) is -4.75. The highest BCUT2D eigenvalue weighted by molar-refractivity contribution is 7.47. The lowest BCUT2D eigenvalue weighted by molar-refractivity contribution is -0.161. The summed E-state index contributed by atoms with van der Waals surface area (Å²) in [5.74, 6) is -1.48. The number of aliphatic hydroxyl groups excluding tert-OH is 1. The Morgan fingerprint density at radius 1 is 0.378 bits per heavy atom. The standard InChI is InChI=1S/C62H111O11P/c1-4-7-10-13-16-19-22-24-26-28-29-31-33-35-38-41-44-47-50-53-62(66)73-59(55-69-60(64)51-48-45-42-39-36-21-18-15-12-9-6-3)57-71-74(67,68)70-56-58(54-63)72-61(65)52-49-46-43-40-37-34-32-30-27-25-23-20-17-14-11-8-5-2/h15-20,24-27,58-59,63H,4-14,21-23,28-57H2,1-3H3,(H,67,68)/b18-15-,19-16-,20-17-,26-24-,27-25-. The van der Waals surface area contributed by atoms with Crippen molar-refractivity contribution in [2.24, 2.45) is 0 Å². The van der Waals surface area contributed by atoms with E-state index >= 15 is 0 Å². The summed E-state index contributed by atoms with van der Waals surface area (Å²) in [6.45, 7) is 4.56. The van der Waals surface area contributed by atoms with Crippen molar-refractivity contribution in [2.75, 3.05) is 26.4 Å². The number of allylic oxidation sites excluding steroid dienone is 10. The Bertz CT molecular complexity index is 1470. The number of phosphoric acid groups is 1. The Balaban J connectivity index is 4.66. The molecule has 2 N–H and O–H groups in total. The summed E-state index contributed by atoms with van der Waals surface area (Å²) in [5, 5.41) is 9.83. The van der Waals surface area contributed by atoms with Gasteiger partial charge in [-0.2, -0.15) is 0 Å². The number of carbonyl (C=O) groups excluding carboxylic acids is 3. The number of carbonyl (C=O) groups is 3. The molecule has 0 fully saturated rings. The van der Waals surface area contributed by atoms with Gasteiger partial charge < -0.3 is 24.2 Å². The van der Waals surface area contributed by atoms with E-state index in [0.717, 1.165) is 109 Å². The molecule has 0 saturated heterocycles. The van der Waals surface area contributed by atoms with Gasteiger partial charge in [-0.15, -0.1) is 0 Å². The Kier molecular flexibility index (Phi) is 54.2. The molecule has 0 spiro atoms. The molecule has 0 heterocycles. The first-order valence-electron chi connectivity index (χ1n) is 30.2. The van der Waals surface area contributed by atoms with Crippen molar-refractivity contribution in [1.82, 2.24) is 0 Å². The van der Waals surface area contributed by atoms with Crippen molar-refractivity contribution >= 4 is 25.7 Å². The summed E-state index contributed by atoms with van der Waals surface area (Å²) in [6, 6.07) is 0. The molecule has 0 aromatic heterocycles. The predicted molar refractivity (Wildman–Crippen MR) is 307 cm³/mol. The van der Waals surface area contributed by atoms with Crippen molar-refractivity contribution in [1.29, 1.82) is 0 Å². The second-order valence-corrected chi connectivity index (χ2v) is 21.6. The smallest absolute Gasteiger partial charge is 0.462 e. The zero-order valence-electron chi connectivity index (χ0n) is 47.6. The number of phosphoric ester groups is 1. The Hall–Kier alpha value is -2.82. The van der Waals surface area contributed by atoms with Crippen LogP contribution in [0, 0.1) is 0 Å². The number of hydrogen-bond acceptors (Lipinski definition) is 10. The first kappa shape index (κ1) is 71.2. The molecular weight excluding hydrogens is 952 g/mol. The van der Waals surface area contributed by atoms with E-state index in [1.165, 1.54) is 109 Å². The van der Waals surface area contributed by atoms with Crippen LogP contribution in [0.15, 0.2) is 60.8 Å². The molecular formula is C62H111O11P. The van der Waals surface area contributed by atoms with Crippen LogP contribution in [0.4, 0.5) is 0 Å². The number of esters is 3. The number of hydrogen-bond donors (Lipinski definition) is 2. The molecule has 3 unspecified atom stereocenters. The van der Waals surface area contributed by atoms with E-state index in [1.807, 2.05) is 0 Å². The lowest BCUT2D eigenvalue weighted by Gasteiger charge is -2.21. The van der Waals surface area contributed by atoms with E-state index in [-0.39, 0.29) is 25.9 Å². The molecule has 0 radical (unpaired) electrons. The van der Waals surface area contributed by atoms with Crippen molar-refractivity contribution < 1.29 is 52.2 Å². The number of unbranched alkanes of at least 4 members (excludes halogenated alkanes) is 29. The maximum Gasteiger partial charge on any atom is 0.472 e. The van der Waals surface area contributed by atoms with Crippen molar-refractivity contribution in [2.45, 2.75) is 290 Å². The molecule has 12 heteroatoms. The molecule has 3 atom stereocenters. The minimum atomic E-state index is -4.75. The van der Waals surface area contributed by atoms with Crippen LogP contribution in [-0.4, -0.2) is 66.5 Å². The van der Waals surface area contributed by atoms with Crippen LogP contribution in [0.2, 0.25) is 0 Å². The summed E-state index contributed by atoms with van der Waals surface area (Å²) >= 11 is 0. The second-order valence-electron chi connectivity index (χ2n) is 20.2. The molecule has 0 aromatic carbocycles. The van der Waals surface area contributed by atoms with E-state index in [1.54, 1.807) is 0 Å². The second kappa shape index (κ2) is 56.4. The maximum absolute atomic E-state index is 12.9. The quantitative estimate of drug-likeness (QED) is 0.0197. The molecule has 0 aromatic rings. The van der Waals surface area contributed by atoms with E-state index < -0.39 is 57.8 Å². The van der Waals surface area contributed by atoms with Gasteiger partial charge in [-0.25, -0.2) is 4.57 Å². The molecule has 74 heavy (non-hydrogen) atoms. The highest BCUT2D eigenvalue weighted by Crippen LogP contribution is 2.43. The predicted octanol–water partition coefficient (Wildman–Crippen LogP) is 17.9. The van der Waals surface area contributed by atoms with Gasteiger partial charge in [0.2, 0.25) is 0 Å². The molecule has 11 nitrogen and oxygen atoms in total. The molecule has 430 valence electrons. The van der Waals surface area contributed by atoms with E-state index in [0.29, 0.717) is 19.3 Å². The van der Waals surface area contributed by atoms with Crippen LogP contribution in [-0.2, 0) is 42.2 Å². The third kappa shape index (κ3) is 54.0. The molecule has 0 rings (SSSR count). The highest BCUT2D eigenvalue weighted by atomic mass is 31.2. The highest BCUT2D eigenvalue weighted by Gasteiger charge is 2.28. The SMILES string of the molecule is CCCC/C=C\CCCCCCCC(=O)OCC(COP(=O)(O)OCC(CO)OC(=O)CCCCCCCCC/C=C\C/C=C\CCCCC)OC(=O)CCCCCCCCCCC/C=C\C/C=C\CCCCC. The first-order chi connectivity index (χ1) is 36.2. The topological polar surface area (TPSA) is 155 Å². The Morgan fingerprint density at radius 2 is 0.676 bits per heavy atom. The van der Waals surface area contributed by atoms with Gasteiger partial charge in [-0.1, -0.05) is 216 Å². The van der Waals surface area contributed by atoms with Crippen LogP contribution in [0.3, 0.4) is 0 Å². The largest absolute Gasteiger partial charge is 0.472 e. The van der Waals surface area contributed by atoms with Gasteiger partial charge >= 0.3 is 25.7 Å². The molecule has 0 aliphatic heterocycles. The van der Waals surface area contributed by atoms with Crippen LogP contribution < -0.4 is 0 Å². The average molecular weight is 1060 g/mol. The van der Waals surface area contributed by atoms with Gasteiger partial charge in [-0.3, -0.25) is 23.4 Å². The van der Waals surface area contributed by atoms with Crippen molar-refractivity contribution in [3.8, 4) is 0 Å². The summed E-state index contributed by atoms with van der Waals surface area (Å²) in [4.78, 5) is 48.6. The number of aliphatic hydroxyl groups is 1. The minimum absolute atomic E-state index is 0.161. The van der Waals surface area contributed by atoms with Crippen LogP contribution >= 0.6 is 7.82 Å². The first-order valence-corrected chi connectivity index (χ1v) is 31.7. The van der Waals surface area contributed by atoms with Crippen molar-refractivity contribution in [3.63, 3.8) is 0 Å². The molecule has 0 amide bonds. The monoisotopic (exact) mass is 1060 g/mol. The summed E-state index contributed by atoms with van der Waals surface area (Å²) < 4.78 is 39.5. The lowest BCUT2D eigenvalue weighted by atomic mass is 10.1. The van der Waals surface area contributed by atoms with Gasteiger partial charge in [0, 0.05) is 19.3 Å². The summed E-state index contributed by atoms with van der Waals surface area (Å²) in [5.41, 5.74) is 0.